The highest BCUT2D eigenvalue weighted by atomic mass is 16.5. The predicted octanol–water partition coefficient (Wildman–Crippen LogP) is 14.9. The minimum atomic E-state index is -0.839. The maximum atomic E-state index is 13.2. The van der Waals surface area contributed by atoms with Crippen LogP contribution in [0.4, 0.5) is 0 Å². The molecule has 1 amide bonds. The van der Waals surface area contributed by atoms with Crippen molar-refractivity contribution in [3.63, 3.8) is 0 Å². The van der Waals surface area contributed by atoms with Crippen molar-refractivity contribution in [2.45, 2.75) is 212 Å². The summed E-state index contributed by atoms with van der Waals surface area (Å²) in [5, 5.41) is 23.7. The van der Waals surface area contributed by atoms with E-state index in [1.807, 2.05) is 60.8 Å². The van der Waals surface area contributed by atoms with Crippen LogP contribution in [0, 0.1) is 0 Å². The maximum absolute atomic E-state index is 13.2. The van der Waals surface area contributed by atoms with E-state index in [-0.39, 0.29) is 31.3 Å². The highest BCUT2D eigenvalue weighted by Crippen LogP contribution is 2.15. The molecule has 0 heterocycles. The molecule has 0 fully saturated rings. The molecule has 0 radical (unpaired) electrons. The van der Waals surface area contributed by atoms with Crippen LogP contribution >= 0.6 is 0 Å². The van der Waals surface area contributed by atoms with E-state index in [1.165, 1.54) is 83.5 Å². The van der Waals surface area contributed by atoms with Crippen molar-refractivity contribution in [2.75, 3.05) is 6.61 Å². The number of rotatable bonds is 42. The normalized spacial score (nSPS) is 14.3. The predicted molar refractivity (Wildman–Crippen MR) is 268 cm³/mol. The molecule has 0 saturated carbocycles. The van der Waals surface area contributed by atoms with Gasteiger partial charge in [-0.3, -0.25) is 9.59 Å². The highest BCUT2D eigenvalue weighted by molar-refractivity contribution is 5.78. The van der Waals surface area contributed by atoms with E-state index in [0.29, 0.717) is 19.3 Å². The standard InChI is InChI=1S/C56H91NO5/c1-4-7-10-13-16-19-22-25-27-28-31-33-36-39-42-45-48-54(59)53(51-58)57-55(60)50-52(47-44-41-38-35-32-30-26-23-20-17-14-11-8-5-2)62-56(61)49-46-43-40-37-34-29-24-21-18-15-12-9-6-3/h8-9,11-12,15,17-18,20-21,24,26,29-30,34-35,37-38,40,44,47,52-54,58-59H,4-7,10,13-14,16,19,22-23,25,27-28,31-33,36,39,41-43,45-46,48-51H2,1-3H3,(H,57,60)/b11-8+,12-9+,18-15+,20-17+,24-21-,30-26+,34-29-,38-35+,40-37+,47-44+. The van der Waals surface area contributed by atoms with Crippen LogP contribution < -0.4 is 5.32 Å². The Labute approximate surface area is 380 Å². The summed E-state index contributed by atoms with van der Waals surface area (Å²) < 4.78 is 5.77. The highest BCUT2D eigenvalue weighted by Gasteiger charge is 2.23. The van der Waals surface area contributed by atoms with Crippen molar-refractivity contribution in [1.82, 2.24) is 5.32 Å². The van der Waals surface area contributed by atoms with Crippen molar-refractivity contribution in [3.05, 3.63) is 122 Å². The van der Waals surface area contributed by atoms with Crippen LogP contribution in [-0.2, 0) is 14.3 Å². The van der Waals surface area contributed by atoms with Gasteiger partial charge in [0.05, 0.1) is 25.2 Å². The number of nitrogens with one attached hydrogen (secondary N) is 1. The third kappa shape index (κ3) is 42.9. The van der Waals surface area contributed by atoms with Gasteiger partial charge >= 0.3 is 5.97 Å². The average molecular weight is 858 g/mol. The second kappa shape index (κ2) is 48.3. The molecule has 0 aliphatic rings. The third-order valence-electron chi connectivity index (χ3n) is 10.4. The lowest BCUT2D eigenvalue weighted by Crippen LogP contribution is -2.46. The molecular weight excluding hydrogens is 767 g/mol. The van der Waals surface area contributed by atoms with Crippen LogP contribution in [0.25, 0.3) is 0 Å². The van der Waals surface area contributed by atoms with Gasteiger partial charge in [0, 0.05) is 6.42 Å². The molecule has 3 atom stereocenters. The molecule has 0 aromatic heterocycles. The van der Waals surface area contributed by atoms with E-state index >= 15 is 0 Å². The van der Waals surface area contributed by atoms with E-state index in [1.54, 1.807) is 6.08 Å². The fourth-order valence-corrected chi connectivity index (χ4v) is 6.71. The van der Waals surface area contributed by atoms with Crippen LogP contribution in [0.1, 0.15) is 194 Å². The molecule has 0 saturated heterocycles. The number of ether oxygens (including phenoxy) is 1. The third-order valence-corrected chi connectivity index (χ3v) is 10.4. The fraction of sp³-hybridized carbons (Fsp3) is 0.607. The smallest absolute Gasteiger partial charge is 0.306 e. The molecule has 3 N–H and O–H groups in total. The molecule has 0 rings (SSSR count). The summed E-state index contributed by atoms with van der Waals surface area (Å²) in [5.74, 6) is -0.730. The zero-order valence-corrected chi connectivity index (χ0v) is 39.7. The van der Waals surface area contributed by atoms with Gasteiger partial charge in [-0.1, -0.05) is 239 Å². The van der Waals surface area contributed by atoms with E-state index in [0.717, 1.165) is 57.8 Å². The Morgan fingerprint density at radius 1 is 0.516 bits per heavy atom. The fourth-order valence-electron chi connectivity index (χ4n) is 6.71. The Hall–Kier alpha value is -3.74. The number of carbonyl (C=O) groups is 2. The number of allylic oxidation sites excluding steroid dienone is 19. The summed E-state index contributed by atoms with van der Waals surface area (Å²) >= 11 is 0. The number of esters is 1. The van der Waals surface area contributed by atoms with Crippen molar-refractivity contribution < 1.29 is 24.5 Å². The summed E-state index contributed by atoms with van der Waals surface area (Å²) in [6.07, 6.45) is 67.2. The summed E-state index contributed by atoms with van der Waals surface area (Å²) in [4.78, 5) is 26.0. The van der Waals surface area contributed by atoms with Gasteiger partial charge in [-0.2, -0.15) is 0 Å². The number of hydrogen-bond donors (Lipinski definition) is 3. The zero-order chi connectivity index (χ0) is 45.2. The molecule has 0 aromatic rings. The number of aliphatic hydroxyl groups is 2. The number of hydrogen-bond acceptors (Lipinski definition) is 5. The summed E-state index contributed by atoms with van der Waals surface area (Å²) in [6, 6.07) is -0.765. The first-order valence-electron chi connectivity index (χ1n) is 24.8. The number of unbranched alkanes of at least 4 members (excludes halogenated alkanes) is 16. The molecule has 0 spiro atoms. The summed E-state index contributed by atoms with van der Waals surface area (Å²) in [6.45, 7) is 6.16. The van der Waals surface area contributed by atoms with Gasteiger partial charge in [-0.05, 0) is 63.9 Å². The van der Waals surface area contributed by atoms with Gasteiger partial charge in [0.2, 0.25) is 5.91 Å². The Balaban J connectivity index is 4.81. The lowest BCUT2D eigenvalue weighted by atomic mass is 10.0. The van der Waals surface area contributed by atoms with Gasteiger partial charge in [0.15, 0.2) is 0 Å². The SMILES string of the molecule is CC/C=C/C=C/C=C\C=C/C=C/CCCC(=O)OC(/C=C/C/C=C/C/C=C/C/C=C/C/C=C/CC)CC(=O)NC(CO)C(O)CCCCCCCCCCCCCCCCCC. The lowest BCUT2D eigenvalue weighted by molar-refractivity contribution is -0.148. The number of carbonyl (C=O) groups excluding carboxylic acids is 2. The van der Waals surface area contributed by atoms with Crippen molar-refractivity contribution in [3.8, 4) is 0 Å². The van der Waals surface area contributed by atoms with Crippen LogP contribution in [0.3, 0.4) is 0 Å². The van der Waals surface area contributed by atoms with Gasteiger partial charge in [-0.15, -0.1) is 0 Å². The van der Waals surface area contributed by atoms with Crippen molar-refractivity contribution >= 4 is 11.9 Å². The Morgan fingerprint density at radius 3 is 1.44 bits per heavy atom. The van der Waals surface area contributed by atoms with E-state index in [4.69, 9.17) is 4.74 Å². The second-order valence-electron chi connectivity index (χ2n) is 16.2. The Morgan fingerprint density at radius 2 is 0.952 bits per heavy atom. The molecule has 0 aliphatic carbocycles. The van der Waals surface area contributed by atoms with Crippen LogP contribution in [0.2, 0.25) is 0 Å². The van der Waals surface area contributed by atoms with Crippen molar-refractivity contribution in [1.29, 1.82) is 0 Å². The molecule has 6 heteroatoms. The van der Waals surface area contributed by atoms with Crippen LogP contribution in [0.15, 0.2) is 122 Å². The van der Waals surface area contributed by atoms with E-state index < -0.39 is 18.2 Å². The minimum absolute atomic E-state index is 0.0823. The second-order valence-corrected chi connectivity index (χ2v) is 16.2. The monoisotopic (exact) mass is 858 g/mol. The van der Waals surface area contributed by atoms with Crippen LogP contribution in [0.5, 0.6) is 0 Å². The average Bonchev–Trinajstić information content (AvgIpc) is 3.26. The summed E-state index contributed by atoms with van der Waals surface area (Å²) in [7, 11) is 0. The number of amides is 1. The maximum Gasteiger partial charge on any atom is 0.306 e. The zero-order valence-electron chi connectivity index (χ0n) is 39.7. The van der Waals surface area contributed by atoms with Crippen molar-refractivity contribution in [2.24, 2.45) is 0 Å². The van der Waals surface area contributed by atoms with E-state index in [2.05, 4.69) is 80.8 Å². The Bertz CT molecular complexity index is 1330. The quantitative estimate of drug-likeness (QED) is 0.0246. The first-order valence-corrected chi connectivity index (χ1v) is 24.8. The van der Waals surface area contributed by atoms with Crippen LogP contribution in [-0.4, -0.2) is 46.9 Å². The number of aliphatic hydroxyl groups excluding tert-OH is 2. The largest absolute Gasteiger partial charge is 0.458 e. The first kappa shape index (κ1) is 58.3. The first-order chi connectivity index (χ1) is 30.5. The molecule has 0 aromatic carbocycles. The van der Waals surface area contributed by atoms with E-state index in [9.17, 15) is 19.8 Å². The van der Waals surface area contributed by atoms with Gasteiger partial charge in [0.1, 0.15) is 6.10 Å². The molecular formula is C56H91NO5. The van der Waals surface area contributed by atoms with Gasteiger partial charge in [0.25, 0.3) is 0 Å². The topological polar surface area (TPSA) is 95.9 Å². The minimum Gasteiger partial charge on any atom is -0.458 e. The molecule has 0 bridgehead atoms. The molecule has 350 valence electrons. The van der Waals surface area contributed by atoms with Gasteiger partial charge in [-0.25, -0.2) is 0 Å². The Kier molecular flexibility index (Phi) is 45.4. The molecule has 0 aliphatic heterocycles. The van der Waals surface area contributed by atoms with Gasteiger partial charge < -0.3 is 20.3 Å². The lowest BCUT2D eigenvalue weighted by Gasteiger charge is -2.23. The molecule has 62 heavy (non-hydrogen) atoms. The summed E-state index contributed by atoms with van der Waals surface area (Å²) in [5.41, 5.74) is 0. The molecule has 3 unspecified atom stereocenters. The molecule has 6 nitrogen and oxygen atoms in total.